The summed E-state index contributed by atoms with van der Waals surface area (Å²) in [7, 11) is 0. The summed E-state index contributed by atoms with van der Waals surface area (Å²) in [5, 5.41) is 6.55. The zero-order valence-electron chi connectivity index (χ0n) is 16.7. The van der Waals surface area contributed by atoms with Crippen molar-refractivity contribution in [3.8, 4) is 17.2 Å². The summed E-state index contributed by atoms with van der Waals surface area (Å²) >= 11 is 0. The number of nitrogens with zero attached hydrogens (tertiary/aromatic N) is 2. The second kappa shape index (κ2) is 12.1. The molecule has 7 heteroatoms. The van der Waals surface area contributed by atoms with E-state index in [-0.39, 0.29) is 24.0 Å². The first-order valence-corrected chi connectivity index (χ1v) is 9.52. The summed E-state index contributed by atoms with van der Waals surface area (Å²) in [5.74, 6) is 2.21. The first kappa shape index (κ1) is 22.7. The fourth-order valence-electron chi connectivity index (χ4n) is 2.71. The lowest BCUT2D eigenvalue weighted by Gasteiger charge is -2.11. The summed E-state index contributed by atoms with van der Waals surface area (Å²) in [6.45, 7) is 6.47. The molecule has 2 N–H and O–H groups in total. The van der Waals surface area contributed by atoms with Crippen LogP contribution in [0, 0.1) is 0 Å². The van der Waals surface area contributed by atoms with E-state index < -0.39 is 0 Å². The molecule has 0 aliphatic carbocycles. The predicted octanol–water partition coefficient (Wildman–Crippen LogP) is 4.61. The molecule has 2 aromatic carbocycles. The van der Waals surface area contributed by atoms with Gasteiger partial charge in [-0.25, -0.2) is 9.98 Å². The van der Waals surface area contributed by atoms with Gasteiger partial charge in [-0.15, -0.1) is 24.0 Å². The Kier molecular flexibility index (Phi) is 9.49. The Labute approximate surface area is 188 Å². The Balaban J connectivity index is 0.00000300. The van der Waals surface area contributed by atoms with Crippen molar-refractivity contribution < 1.29 is 9.15 Å². The third-order valence-corrected chi connectivity index (χ3v) is 4.03. The molecule has 0 atom stereocenters. The molecule has 6 nitrogen and oxygen atoms in total. The van der Waals surface area contributed by atoms with Crippen LogP contribution in [0.15, 0.2) is 70.3 Å². The van der Waals surface area contributed by atoms with Crippen LogP contribution in [0.5, 0.6) is 5.75 Å². The molecule has 0 amide bonds. The molecule has 0 unspecified atom stereocenters. The highest BCUT2D eigenvalue weighted by molar-refractivity contribution is 14.0. The van der Waals surface area contributed by atoms with E-state index in [1.807, 2.05) is 68.4 Å². The number of aromatic nitrogens is 1. The molecule has 0 fully saturated rings. The molecule has 0 saturated carbocycles. The molecule has 1 aromatic heterocycles. The fraction of sp³-hybridized carbons (Fsp3) is 0.273. The van der Waals surface area contributed by atoms with Crippen LogP contribution >= 0.6 is 24.0 Å². The Bertz CT molecular complexity index is 897. The third-order valence-electron chi connectivity index (χ3n) is 4.03. The molecule has 0 aliphatic heterocycles. The Morgan fingerprint density at radius 3 is 2.55 bits per heavy atom. The lowest BCUT2D eigenvalue weighted by atomic mass is 10.2. The van der Waals surface area contributed by atoms with Gasteiger partial charge < -0.3 is 19.8 Å². The number of guanidine groups is 1. The van der Waals surface area contributed by atoms with Gasteiger partial charge in [0.05, 0.1) is 25.4 Å². The van der Waals surface area contributed by atoms with Crippen molar-refractivity contribution in [3.05, 3.63) is 72.1 Å². The van der Waals surface area contributed by atoms with Crippen LogP contribution in [0.3, 0.4) is 0 Å². The number of aliphatic imine (C=N–C) groups is 1. The minimum atomic E-state index is 0. The van der Waals surface area contributed by atoms with Crippen molar-refractivity contribution in [2.24, 2.45) is 4.99 Å². The summed E-state index contributed by atoms with van der Waals surface area (Å²) in [6.07, 6.45) is 1.67. The number of hydrogen-bond donors (Lipinski definition) is 2. The molecule has 0 bridgehead atoms. The molecular weight excluding hydrogens is 479 g/mol. The summed E-state index contributed by atoms with van der Waals surface area (Å²) in [6, 6.07) is 17.8. The van der Waals surface area contributed by atoms with Crippen LogP contribution in [0.4, 0.5) is 0 Å². The summed E-state index contributed by atoms with van der Waals surface area (Å²) in [4.78, 5) is 9.20. The second-order valence-corrected chi connectivity index (χ2v) is 6.10. The van der Waals surface area contributed by atoms with E-state index in [4.69, 9.17) is 9.15 Å². The van der Waals surface area contributed by atoms with Gasteiger partial charge in [0.25, 0.3) is 0 Å². The highest BCUT2D eigenvalue weighted by atomic mass is 127. The van der Waals surface area contributed by atoms with Crippen molar-refractivity contribution in [2.75, 3.05) is 13.2 Å². The summed E-state index contributed by atoms with van der Waals surface area (Å²) < 4.78 is 11.3. The minimum absolute atomic E-state index is 0. The van der Waals surface area contributed by atoms with Crippen molar-refractivity contribution in [1.29, 1.82) is 0 Å². The zero-order valence-corrected chi connectivity index (χ0v) is 19.1. The van der Waals surface area contributed by atoms with Crippen LogP contribution in [0.25, 0.3) is 11.5 Å². The minimum Gasteiger partial charge on any atom is -0.494 e. The lowest BCUT2D eigenvalue weighted by molar-refractivity contribution is 0.336. The molecule has 0 aliphatic rings. The van der Waals surface area contributed by atoms with Crippen molar-refractivity contribution in [3.63, 3.8) is 0 Å². The largest absolute Gasteiger partial charge is 0.494 e. The molecule has 0 spiro atoms. The Morgan fingerprint density at radius 1 is 1.03 bits per heavy atom. The van der Waals surface area contributed by atoms with Crippen molar-refractivity contribution in [2.45, 2.75) is 26.9 Å². The van der Waals surface area contributed by atoms with E-state index in [9.17, 15) is 0 Å². The first-order chi connectivity index (χ1) is 13.8. The van der Waals surface area contributed by atoms with Gasteiger partial charge in [0.15, 0.2) is 5.96 Å². The zero-order chi connectivity index (χ0) is 19.6. The SMILES string of the molecule is CCNC(=NCc1ccccc1OCC)NCc1coc(-c2ccccc2)n1.I. The van der Waals surface area contributed by atoms with E-state index in [2.05, 4.69) is 20.6 Å². The predicted molar refractivity (Wildman–Crippen MR) is 127 cm³/mol. The van der Waals surface area contributed by atoms with Crippen LogP contribution in [0.2, 0.25) is 0 Å². The molecule has 29 heavy (non-hydrogen) atoms. The standard InChI is InChI=1S/C22H26N4O2.HI/c1-3-23-22(24-14-18-12-8-9-13-20(18)27-4-2)25-15-19-16-28-21(26-19)17-10-6-5-7-11-17;/h5-13,16H,3-4,14-15H2,1-2H3,(H2,23,24,25);1H. The van der Waals surface area contributed by atoms with E-state index >= 15 is 0 Å². The topological polar surface area (TPSA) is 71.7 Å². The third kappa shape index (κ3) is 6.77. The average Bonchev–Trinajstić information content (AvgIpc) is 3.21. The summed E-state index contributed by atoms with van der Waals surface area (Å²) in [5.41, 5.74) is 2.83. The van der Waals surface area contributed by atoms with Gasteiger partial charge in [0.2, 0.25) is 5.89 Å². The maximum Gasteiger partial charge on any atom is 0.226 e. The van der Waals surface area contributed by atoms with E-state index in [1.165, 1.54) is 0 Å². The van der Waals surface area contributed by atoms with E-state index in [0.717, 1.165) is 35.1 Å². The highest BCUT2D eigenvalue weighted by Crippen LogP contribution is 2.19. The Morgan fingerprint density at radius 2 is 1.79 bits per heavy atom. The number of nitrogens with one attached hydrogen (secondary N) is 2. The highest BCUT2D eigenvalue weighted by Gasteiger charge is 2.07. The maximum atomic E-state index is 5.67. The Hall–Kier alpha value is -2.55. The van der Waals surface area contributed by atoms with Gasteiger partial charge in [0.1, 0.15) is 12.0 Å². The van der Waals surface area contributed by atoms with Gasteiger partial charge in [-0.2, -0.15) is 0 Å². The van der Waals surface area contributed by atoms with Crippen LogP contribution < -0.4 is 15.4 Å². The number of benzene rings is 2. The molecule has 3 aromatic rings. The molecule has 1 heterocycles. The average molecular weight is 506 g/mol. The number of para-hydroxylation sites is 1. The van der Waals surface area contributed by atoms with Crippen LogP contribution in [-0.4, -0.2) is 24.1 Å². The van der Waals surface area contributed by atoms with Crippen molar-refractivity contribution >= 4 is 29.9 Å². The molecule has 0 radical (unpaired) electrons. The number of ether oxygens (including phenoxy) is 1. The van der Waals surface area contributed by atoms with Crippen LogP contribution in [0.1, 0.15) is 25.1 Å². The van der Waals surface area contributed by atoms with Crippen LogP contribution in [-0.2, 0) is 13.1 Å². The van der Waals surface area contributed by atoms with E-state index in [0.29, 0.717) is 25.6 Å². The first-order valence-electron chi connectivity index (χ1n) is 9.52. The normalized spacial score (nSPS) is 10.9. The van der Waals surface area contributed by atoms with Gasteiger partial charge in [0, 0.05) is 17.7 Å². The lowest BCUT2D eigenvalue weighted by Crippen LogP contribution is -2.36. The number of halogens is 1. The number of hydrogen-bond acceptors (Lipinski definition) is 4. The van der Waals surface area contributed by atoms with Gasteiger partial charge >= 0.3 is 0 Å². The maximum absolute atomic E-state index is 5.67. The van der Waals surface area contributed by atoms with Gasteiger partial charge in [-0.1, -0.05) is 36.4 Å². The quantitative estimate of drug-likeness (QED) is 0.265. The van der Waals surface area contributed by atoms with E-state index in [1.54, 1.807) is 6.26 Å². The van der Waals surface area contributed by atoms with Gasteiger partial charge in [-0.3, -0.25) is 0 Å². The second-order valence-electron chi connectivity index (χ2n) is 6.10. The van der Waals surface area contributed by atoms with Crippen molar-refractivity contribution in [1.82, 2.24) is 15.6 Å². The monoisotopic (exact) mass is 506 g/mol. The smallest absolute Gasteiger partial charge is 0.226 e. The number of rotatable bonds is 8. The fourth-order valence-corrected chi connectivity index (χ4v) is 2.71. The molecule has 3 rings (SSSR count). The molecule has 0 saturated heterocycles. The molecule has 154 valence electrons. The number of oxazole rings is 1. The van der Waals surface area contributed by atoms with Gasteiger partial charge in [-0.05, 0) is 32.0 Å². The molecular formula is C22H27IN4O2.